The van der Waals surface area contributed by atoms with Crippen molar-refractivity contribution in [2.45, 2.75) is 44.6 Å². The monoisotopic (exact) mass is 226 g/mol. The molecule has 2 aliphatic carbocycles. The van der Waals surface area contributed by atoms with Crippen molar-refractivity contribution < 1.29 is 9.90 Å². The van der Waals surface area contributed by atoms with Crippen molar-refractivity contribution in [1.82, 2.24) is 10.6 Å². The standard InChI is InChI=1S/C12H22N2O2/c15-8-10-4-1-3-9(10)7-13-12(16)14-11-5-2-6-11/h9-11,15H,1-8H2,(H2,13,14,16). The highest BCUT2D eigenvalue weighted by molar-refractivity contribution is 5.74. The molecule has 2 rings (SSSR count). The number of hydrogen-bond donors (Lipinski definition) is 3. The average molecular weight is 226 g/mol. The third-order valence-electron chi connectivity index (χ3n) is 4.02. The third-order valence-corrected chi connectivity index (χ3v) is 4.02. The molecule has 0 aromatic carbocycles. The second-order valence-corrected chi connectivity index (χ2v) is 5.12. The first-order chi connectivity index (χ1) is 7.79. The van der Waals surface area contributed by atoms with E-state index in [0.29, 0.717) is 24.4 Å². The molecule has 0 heterocycles. The molecule has 2 atom stereocenters. The van der Waals surface area contributed by atoms with Gasteiger partial charge >= 0.3 is 6.03 Å². The molecule has 0 aromatic rings. The predicted molar refractivity (Wildman–Crippen MR) is 62.1 cm³/mol. The molecule has 0 spiro atoms. The van der Waals surface area contributed by atoms with E-state index in [1.54, 1.807) is 0 Å². The highest BCUT2D eigenvalue weighted by atomic mass is 16.3. The largest absolute Gasteiger partial charge is 0.396 e. The van der Waals surface area contributed by atoms with Crippen molar-refractivity contribution in [2.24, 2.45) is 11.8 Å². The van der Waals surface area contributed by atoms with Crippen LogP contribution in [0.5, 0.6) is 0 Å². The Bertz CT molecular complexity index is 241. The van der Waals surface area contributed by atoms with Gasteiger partial charge in [-0.1, -0.05) is 6.42 Å². The van der Waals surface area contributed by atoms with E-state index in [2.05, 4.69) is 10.6 Å². The molecule has 2 saturated carbocycles. The lowest BCUT2D eigenvalue weighted by atomic mass is 9.93. The Kier molecular flexibility index (Phi) is 4.04. The summed E-state index contributed by atoms with van der Waals surface area (Å²) in [7, 11) is 0. The van der Waals surface area contributed by atoms with Crippen LogP contribution in [-0.4, -0.2) is 30.3 Å². The molecule has 3 N–H and O–H groups in total. The average Bonchev–Trinajstić information content (AvgIpc) is 2.68. The van der Waals surface area contributed by atoms with E-state index in [0.717, 1.165) is 25.7 Å². The molecule has 2 amide bonds. The van der Waals surface area contributed by atoms with Crippen LogP contribution >= 0.6 is 0 Å². The smallest absolute Gasteiger partial charge is 0.315 e. The van der Waals surface area contributed by atoms with E-state index in [1.165, 1.54) is 12.8 Å². The Morgan fingerprint density at radius 3 is 2.44 bits per heavy atom. The van der Waals surface area contributed by atoms with Gasteiger partial charge in [0.25, 0.3) is 0 Å². The molecule has 16 heavy (non-hydrogen) atoms. The maximum Gasteiger partial charge on any atom is 0.315 e. The molecule has 0 radical (unpaired) electrons. The van der Waals surface area contributed by atoms with Gasteiger partial charge in [-0.25, -0.2) is 4.79 Å². The van der Waals surface area contributed by atoms with Crippen LogP contribution in [0, 0.1) is 11.8 Å². The van der Waals surface area contributed by atoms with Crippen LogP contribution in [0.4, 0.5) is 4.79 Å². The summed E-state index contributed by atoms with van der Waals surface area (Å²) in [4.78, 5) is 11.5. The van der Waals surface area contributed by atoms with Gasteiger partial charge in [0.2, 0.25) is 0 Å². The van der Waals surface area contributed by atoms with Crippen LogP contribution in [0.25, 0.3) is 0 Å². The van der Waals surface area contributed by atoms with E-state index < -0.39 is 0 Å². The zero-order chi connectivity index (χ0) is 11.4. The highest BCUT2D eigenvalue weighted by Gasteiger charge is 2.27. The first kappa shape index (κ1) is 11.7. The van der Waals surface area contributed by atoms with Crippen LogP contribution in [0.3, 0.4) is 0 Å². The Morgan fingerprint density at radius 1 is 1.12 bits per heavy atom. The molecule has 2 aliphatic rings. The Balaban J connectivity index is 1.63. The highest BCUT2D eigenvalue weighted by Crippen LogP contribution is 2.30. The number of rotatable bonds is 4. The minimum absolute atomic E-state index is 0.0340. The fourth-order valence-corrected chi connectivity index (χ4v) is 2.64. The Hall–Kier alpha value is -0.770. The summed E-state index contributed by atoms with van der Waals surface area (Å²) in [5.74, 6) is 0.862. The van der Waals surface area contributed by atoms with Crippen LogP contribution in [0.15, 0.2) is 0 Å². The van der Waals surface area contributed by atoms with Crippen LogP contribution in [0.1, 0.15) is 38.5 Å². The number of urea groups is 1. The van der Waals surface area contributed by atoms with E-state index >= 15 is 0 Å². The first-order valence-electron chi connectivity index (χ1n) is 6.45. The van der Waals surface area contributed by atoms with Gasteiger partial charge in [-0.3, -0.25) is 0 Å². The van der Waals surface area contributed by atoms with E-state index in [4.69, 9.17) is 5.11 Å². The lowest BCUT2D eigenvalue weighted by Crippen LogP contribution is -2.46. The molecule has 2 fully saturated rings. The van der Waals surface area contributed by atoms with E-state index in [-0.39, 0.29) is 12.6 Å². The zero-order valence-corrected chi connectivity index (χ0v) is 9.74. The number of aliphatic hydroxyl groups excluding tert-OH is 1. The second kappa shape index (κ2) is 5.53. The number of carbonyl (C=O) groups is 1. The number of aliphatic hydroxyl groups is 1. The van der Waals surface area contributed by atoms with Crippen molar-refractivity contribution in [3.05, 3.63) is 0 Å². The van der Waals surface area contributed by atoms with Crippen molar-refractivity contribution >= 4 is 6.03 Å². The number of carbonyl (C=O) groups excluding carboxylic acids is 1. The van der Waals surface area contributed by atoms with E-state index in [1.807, 2.05) is 0 Å². The third kappa shape index (κ3) is 2.88. The number of nitrogens with one attached hydrogen (secondary N) is 2. The number of amides is 2. The minimum Gasteiger partial charge on any atom is -0.396 e. The SMILES string of the molecule is O=C(NCC1CCCC1CO)NC1CCC1. The number of hydrogen-bond acceptors (Lipinski definition) is 2. The van der Waals surface area contributed by atoms with Gasteiger partial charge in [0, 0.05) is 19.2 Å². The summed E-state index contributed by atoms with van der Waals surface area (Å²) < 4.78 is 0. The van der Waals surface area contributed by atoms with E-state index in [9.17, 15) is 4.79 Å². The summed E-state index contributed by atoms with van der Waals surface area (Å²) in [6.45, 7) is 0.973. The molecule has 2 unspecified atom stereocenters. The van der Waals surface area contributed by atoms with Gasteiger partial charge < -0.3 is 15.7 Å². The lowest BCUT2D eigenvalue weighted by molar-refractivity contribution is 0.189. The predicted octanol–water partition coefficient (Wildman–Crippen LogP) is 1.25. The summed E-state index contributed by atoms with van der Waals surface area (Å²) in [6.07, 6.45) is 6.90. The molecule has 0 bridgehead atoms. The van der Waals surface area contributed by atoms with Crippen molar-refractivity contribution in [2.75, 3.05) is 13.2 Å². The summed E-state index contributed by atoms with van der Waals surface area (Å²) in [5.41, 5.74) is 0. The molecule has 0 aliphatic heterocycles. The van der Waals surface area contributed by atoms with Crippen LogP contribution < -0.4 is 10.6 Å². The zero-order valence-electron chi connectivity index (χ0n) is 9.74. The molecule has 0 saturated heterocycles. The van der Waals surface area contributed by atoms with Crippen molar-refractivity contribution in [3.8, 4) is 0 Å². The summed E-state index contributed by atoms with van der Waals surface area (Å²) >= 11 is 0. The molecule has 4 nitrogen and oxygen atoms in total. The molecular weight excluding hydrogens is 204 g/mol. The normalized spacial score (nSPS) is 29.8. The van der Waals surface area contributed by atoms with Crippen LogP contribution in [0.2, 0.25) is 0 Å². The quantitative estimate of drug-likeness (QED) is 0.675. The molecule has 0 aromatic heterocycles. The van der Waals surface area contributed by atoms with Gasteiger partial charge in [0.05, 0.1) is 0 Å². The molecular formula is C12H22N2O2. The van der Waals surface area contributed by atoms with Gasteiger partial charge in [0.1, 0.15) is 0 Å². The maximum atomic E-state index is 11.5. The van der Waals surface area contributed by atoms with Gasteiger partial charge in [0.15, 0.2) is 0 Å². The first-order valence-corrected chi connectivity index (χ1v) is 6.45. The molecule has 92 valence electrons. The van der Waals surface area contributed by atoms with Crippen LogP contribution in [-0.2, 0) is 0 Å². The minimum atomic E-state index is -0.0340. The fourth-order valence-electron chi connectivity index (χ4n) is 2.64. The lowest BCUT2D eigenvalue weighted by Gasteiger charge is -2.27. The Morgan fingerprint density at radius 2 is 1.81 bits per heavy atom. The molecule has 4 heteroatoms. The van der Waals surface area contributed by atoms with Gasteiger partial charge in [-0.15, -0.1) is 0 Å². The maximum absolute atomic E-state index is 11.5. The summed E-state index contributed by atoms with van der Waals surface area (Å²) in [5, 5.41) is 15.1. The Labute approximate surface area is 96.8 Å². The second-order valence-electron chi connectivity index (χ2n) is 5.12. The van der Waals surface area contributed by atoms with Gasteiger partial charge in [-0.05, 0) is 43.9 Å². The van der Waals surface area contributed by atoms with Gasteiger partial charge in [-0.2, -0.15) is 0 Å². The topological polar surface area (TPSA) is 61.4 Å². The van der Waals surface area contributed by atoms with Crippen molar-refractivity contribution in [1.29, 1.82) is 0 Å². The van der Waals surface area contributed by atoms with Crippen molar-refractivity contribution in [3.63, 3.8) is 0 Å². The fraction of sp³-hybridized carbons (Fsp3) is 0.917. The summed E-state index contributed by atoms with van der Waals surface area (Å²) in [6, 6.07) is 0.366.